The Bertz CT molecular complexity index is 282. The van der Waals surface area contributed by atoms with E-state index in [-0.39, 0.29) is 5.54 Å². The fourth-order valence-corrected chi connectivity index (χ4v) is 3.67. The second-order valence-corrected chi connectivity index (χ2v) is 5.42. The van der Waals surface area contributed by atoms with Gasteiger partial charge in [0, 0.05) is 6.04 Å². The van der Waals surface area contributed by atoms with E-state index in [2.05, 4.69) is 32.7 Å². The van der Waals surface area contributed by atoms with Gasteiger partial charge in [-0.15, -0.1) is 0 Å². The second-order valence-electron chi connectivity index (χ2n) is 5.42. The van der Waals surface area contributed by atoms with E-state index < -0.39 is 0 Å². The lowest BCUT2D eigenvalue weighted by Gasteiger charge is -2.36. The molecule has 1 spiro atoms. The lowest BCUT2D eigenvalue weighted by molar-refractivity contribution is -0.129. The van der Waals surface area contributed by atoms with Gasteiger partial charge in [-0.1, -0.05) is 6.92 Å². The Morgan fingerprint density at radius 2 is 1.86 bits per heavy atom. The molecule has 0 radical (unpaired) electrons. The summed E-state index contributed by atoms with van der Waals surface area (Å²) in [6, 6.07) is 0.534. The van der Waals surface area contributed by atoms with Crippen LogP contribution in [0.5, 0.6) is 0 Å². The number of rotatable bonds is 1. The first-order valence-electron chi connectivity index (χ1n) is 5.62. The van der Waals surface area contributed by atoms with Crippen LogP contribution in [-0.2, 0) is 4.79 Å². The quantitative estimate of drug-likeness (QED) is 0.638. The largest absolute Gasteiger partial charge is 0.298 e. The van der Waals surface area contributed by atoms with Crippen molar-refractivity contribution in [1.29, 1.82) is 0 Å². The highest BCUT2D eigenvalue weighted by Crippen LogP contribution is 2.66. The van der Waals surface area contributed by atoms with Crippen LogP contribution in [0.2, 0.25) is 0 Å². The number of carbonyl (C=O) groups is 1. The second kappa shape index (κ2) is 2.60. The van der Waals surface area contributed by atoms with Crippen LogP contribution < -0.4 is 0 Å². The van der Waals surface area contributed by atoms with Crippen molar-refractivity contribution in [3.8, 4) is 0 Å². The van der Waals surface area contributed by atoms with E-state index in [0.717, 1.165) is 0 Å². The summed E-state index contributed by atoms with van der Waals surface area (Å²) >= 11 is 0. The molecule has 1 saturated heterocycles. The number of nitrogens with zero attached hydrogens (tertiary/aromatic N) is 1. The highest BCUT2D eigenvalue weighted by Gasteiger charge is 2.69. The molecule has 3 unspecified atom stereocenters. The van der Waals surface area contributed by atoms with E-state index in [1.807, 2.05) is 0 Å². The summed E-state index contributed by atoms with van der Waals surface area (Å²) in [6.07, 6.45) is 2.47. The molecule has 2 heteroatoms. The Labute approximate surface area is 86.7 Å². The Morgan fingerprint density at radius 1 is 1.36 bits per heavy atom. The first-order chi connectivity index (χ1) is 6.38. The average molecular weight is 195 g/mol. The van der Waals surface area contributed by atoms with Crippen molar-refractivity contribution in [2.45, 2.75) is 52.1 Å². The number of likely N-dealkylation sites (N-methyl/N-ethyl adjacent to an activating group) is 1. The van der Waals surface area contributed by atoms with E-state index in [1.54, 1.807) is 6.92 Å². The van der Waals surface area contributed by atoms with Crippen LogP contribution in [0.3, 0.4) is 0 Å². The highest BCUT2D eigenvalue weighted by molar-refractivity contribution is 5.88. The molecule has 2 aliphatic rings. The fourth-order valence-electron chi connectivity index (χ4n) is 3.67. The molecular formula is C12H21NO. The number of hydrogen-bond acceptors (Lipinski definition) is 2. The van der Waals surface area contributed by atoms with Crippen molar-refractivity contribution in [2.24, 2.45) is 11.3 Å². The molecule has 0 aromatic carbocycles. The lowest BCUT2D eigenvalue weighted by atomic mass is 9.75. The summed E-state index contributed by atoms with van der Waals surface area (Å²) in [5.41, 5.74) is 0.0961. The van der Waals surface area contributed by atoms with Crippen molar-refractivity contribution in [3.63, 3.8) is 0 Å². The zero-order valence-electron chi connectivity index (χ0n) is 9.92. The number of likely N-dealkylation sites (tertiary alicyclic amines) is 1. The minimum absolute atomic E-state index is 0.203. The van der Waals surface area contributed by atoms with Crippen molar-refractivity contribution in [1.82, 2.24) is 4.90 Å². The molecule has 1 saturated carbocycles. The first-order valence-corrected chi connectivity index (χ1v) is 5.62. The predicted molar refractivity (Wildman–Crippen MR) is 57.1 cm³/mol. The number of Topliss-reactive ketones (excluding diaryl/α,β-unsaturated/α-hetero) is 1. The topological polar surface area (TPSA) is 20.3 Å². The zero-order valence-corrected chi connectivity index (χ0v) is 9.92. The van der Waals surface area contributed by atoms with E-state index in [4.69, 9.17) is 0 Å². The third kappa shape index (κ3) is 0.837. The Balaban J connectivity index is 2.46. The van der Waals surface area contributed by atoms with Gasteiger partial charge in [0.15, 0.2) is 0 Å². The summed E-state index contributed by atoms with van der Waals surface area (Å²) in [5.74, 6) is 0.995. The number of ketones is 1. The Hall–Kier alpha value is -0.370. The molecule has 14 heavy (non-hydrogen) atoms. The maximum Gasteiger partial charge on any atom is 0.150 e. The molecule has 0 bridgehead atoms. The SMILES string of the molecule is CC(=O)C1(C)N(C)C(C)C(C)C12CC2. The Kier molecular flexibility index (Phi) is 1.89. The van der Waals surface area contributed by atoms with Gasteiger partial charge in [-0.2, -0.15) is 0 Å². The molecule has 1 aliphatic carbocycles. The molecule has 0 aromatic heterocycles. The van der Waals surface area contributed by atoms with Crippen molar-refractivity contribution < 1.29 is 4.79 Å². The van der Waals surface area contributed by atoms with Crippen LogP contribution in [0.4, 0.5) is 0 Å². The summed E-state index contributed by atoms with van der Waals surface area (Å²) < 4.78 is 0. The first kappa shape index (κ1) is 10.2. The van der Waals surface area contributed by atoms with E-state index >= 15 is 0 Å². The van der Waals surface area contributed by atoms with E-state index in [1.165, 1.54) is 12.8 Å². The normalized spacial score (nSPS) is 45.8. The van der Waals surface area contributed by atoms with Gasteiger partial charge in [-0.3, -0.25) is 9.69 Å². The smallest absolute Gasteiger partial charge is 0.150 e. The van der Waals surface area contributed by atoms with Gasteiger partial charge in [-0.05, 0) is 52.0 Å². The number of hydrogen-bond donors (Lipinski definition) is 0. The minimum Gasteiger partial charge on any atom is -0.298 e. The van der Waals surface area contributed by atoms with Gasteiger partial charge in [0.05, 0.1) is 5.54 Å². The average Bonchev–Trinajstić information content (AvgIpc) is 2.91. The zero-order chi connectivity index (χ0) is 10.7. The van der Waals surface area contributed by atoms with Gasteiger partial charge >= 0.3 is 0 Å². The lowest BCUT2D eigenvalue weighted by Crippen LogP contribution is -2.51. The van der Waals surface area contributed by atoms with Gasteiger partial charge in [0.25, 0.3) is 0 Å². The minimum atomic E-state index is -0.203. The molecule has 1 heterocycles. The van der Waals surface area contributed by atoms with E-state index in [9.17, 15) is 4.79 Å². The molecule has 0 N–H and O–H groups in total. The molecule has 2 nitrogen and oxygen atoms in total. The summed E-state index contributed by atoms with van der Waals surface area (Å²) in [5, 5.41) is 0. The Morgan fingerprint density at radius 3 is 2.14 bits per heavy atom. The van der Waals surface area contributed by atoms with Crippen molar-refractivity contribution in [2.75, 3.05) is 7.05 Å². The van der Waals surface area contributed by atoms with Crippen LogP contribution in [0, 0.1) is 11.3 Å². The van der Waals surface area contributed by atoms with E-state index in [0.29, 0.717) is 23.2 Å². The summed E-state index contributed by atoms with van der Waals surface area (Å²) in [7, 11) is 2.11. The third-order valence-electron chi connectivity index (χ3n) is 5.36. The van der Waals surface area contributed by atoms with Crippen LogP contribution in [0.1, 0.15) is 40.5 Å². The van der Waals surface area contributed by atoms with Crippen LogP contribution in [0.15, 0.2) is 0 Å². The maximum atomic E-state index is 11.9. The predicted octanol–water partition coefficient (Wildman–Crippen LogP) is 2.08. The molecular weight excluding hydrogens is 174 g/mol. The van der Waals surface area contributed by atoms with Crippen LogP contribution in [-0.4, -0.2) is 29.3 Å². The molecule has 2 fully saturated rings. The maximum absolute atomic E-state index is 11.9. The van der Waals surface area contributed by atoms with Gasteiger partial charge < -0.3 is 0 Å². The van der Waals surface area contributed by atoms with Crippen LogP contribution >= 0.6 is 0 Å². The van der Waals surface area contributed by atoms with Crippen molar-refractivity contribution >= 4 is 5.78 Å². The van der Waals surface area contributed by atoms with Gasteiger partial charge in [0.2, 0.25) is 0 Å². The molecule has 80 valence electrons. The van der Waals surface area contributed by atoms with Gasteiger partial charge in [-0.25, -0.2) is 0 Å². The molecule has 0 amide bonds. The summed E-state index contributed by atoms with van der Waals surface area (Å²) in [6.45, 7) is 8.45. The number of carbonyl (C=O) groups excluding carboxylic acids is 1. The van der Waals surface area contributed by atoms with Crippen LogP contribution in [0.25, 0.3) is 0 Å². The summed E-state index contributed by atoms with van der Waals surface area (Å²) in [4.78, 5) is 14.2. The fraction of sp³-hybridized carbons (Fsp3) is 0.917. The molecule has 1 aliphatic heterocycles. The molecule has 3 atom stereocenters. The highest BCUT2D eigenvalue weighted by atomic mass is 16.1. The monoisotopic (exact) mass is 195 g/mol. The molecule has 0 aromatic rings. The standard InChI is InChI=1S/C12H21NO/c1-8-9(2)13(5)11(4,10(3)14)12(8)6-7-12/h8-9H,6-7H2,1-5H3. The third-order valence-corrected chi connectivity index (χ3v) is 5.36. The van der Waals surface area contributed by atoms with Gasteiger partial charge in [0.1, 0.15) is 5.78 Å². The molecule has 2 rings (SSSR count). The van der Waals surface area contributed by atoms with Crippen molar-refractivity contribution in [3.05, 3.63) is 0 Å².